The van der Waals surface area contributed by atoms with Crippen molar-refractivity contribution >= 4 is 5.82 Å². The van der Waals surface area contributed by atoms with Crippen LogP contribution in [0.1, 0.15) is 22.5 Å². The Morgan fingerprint density at radius 2 is 2.00 bits per heavy atom. The summed E-state index contributed by atoms with van der Waals surface area (Å²) in [4.78, 5) is 0. The van der Waals surface area contributed by atoms with Gasteiger partial charge in [-0.25, -0.2) is 0 Å². The minimum atomic E-state index is 0.485. The zero-order chi connectivity index (χ0) is 12.7. The predicted octanol–water partition coefficient (Wildman–Crippen LogP) is 1.59. The van der Waals surface area contributed by atoms with Crippen LogP contribution in [-0.2, 0) is 7.05 Å². The zero-order valence-corrected chi connectivity index (χ0v) is 10.4. The third kappa shape index (κ3) is 1.49. The Balaban J connectivity index is 2.78. The van der Waals surface area contributed by atoms with Gasteiger partial charge >= 0.3 is 0 Å². The van der Waals surface area contributed by atoms with Crippen LogP contribution in [0.2, 0.25) is 0 Å². The van der Waals surface area contributed by atoms with E-state index in [-0.39, 0.29) is 0 Å². The largest absolute Gasteiger partial charge is 0.384 e. The molecule has 2 aromatic heterocycles. The Morgan fingerprint density at radius 1 is 1.35 bits per heavy atom. The Morgan fingerprint density at radius 3 is 2.41 bits per heavy atom. The SMILES string of the molecule is Cc1nn(C)cc1-n1c(C)c(C)c(C#N)c1N. The van der Waals surface area contributed by atoms with Gasteiger partial charge in [0.25, 0.3) is 0 Å². The normalized spacial score (nSPS) is 10.5. The highest BCUT2D eigenvalue weighted by Crippen LogP contribution is 2.28. The summed E-state index contributed by atoms with van der Waals surface area (Å²) in [6, 6.07) is 2.15. The molecule has 0 saturated carbocycles. The number of nitriles is 1. The van der Waals surface area contributed by atoms with E-state index in [0.717, 1.165) is 22.6 Å². The van der Waals surface area contributed by atoms with Crippen LogP contribution < -0.4 is 5.73 Å². The Hall–Kier alpha value is -2.22. The molecule has 0 radical (unpaired) electrons. The highest BCUT2D eigenvalue weighted by molar-refractivity contribution is 5.62. The van der Waals surface area contributed by atoms with Crippen molar-refractivity contribution in [2.24, 2.45) is 7.05 Å². The molecule has 0 fully saturated rings. The number of rotatable bonds is 1. The number of aromatic nitrogens is 3. The maximum atomic E-state index is 9.09. The van der Waals surface area contributed by atoms with Crippen molar-refractivity contribution in [1.29, 1.82) is 5.26 Å². The molecule has 0 unspecified atom stereocenters. The first-order chi connectivity index (χ1) is 7.97. The van der Waals surface area contributed by atoms with Crippen LogP contribution in [0.15, 0.2) is 6.20 Å². The monoisotopic (exact) mass is 229 g/mol. The van der Waals surface area contributed by atoms with Gasteiger partial charge in [-0.1, -0.05) is 0 Å². The molecular formula is C12H15N5. The summed E-state index contributed by atoms with van der Waals surface area (Å²) < 4.78 is 3.63. The summed E-state index contributed by atoms with van der Waals surface area (Å²) in [6.45, 7) is 5.79. The van der Waals surface area contributed by atoms with Gasteiger partial charge in [0, 0.05) is 18.9 Å². The number of nitrogens with zero attached hydrogens (tertiary/aromatic N) is 4. The summed E-state index contributed by atoms with van der Waals surface area (Å²) in [5, 5.41) is 13.4. The van der Waals surface area contributed by atoms with E-state index in [2.05, 4.69) is 11.2 Å². The van der Waals surface area contributed by atoms with E-state index in [9.17, 15) is 0 Å². The minimum absolute atomic E-state index is 0.485. The van der Waals surface area contributed by atoms with Crippen molar-refractivity contribution < 1.29 is 0 Å². The fourth-order valence-corrected chi connectivity index (χ4v) is 2.09. The van der Waals surface area contributed by atoms with Gasteiger partial charge in [0.15, 0.2) is 0 Å². The molecular weight excluding hydrogens is 214 g/mol. The molecule has 5 nitrogen and oxygen atoms in total. The first-order valence-electron chi connectivity index (χ1n) is 5.35. The van der Waals surface area contributed by atoms with Gasteiger partial charge < -0.3 is 5.73 Å². The van der Waals surface area contributed by atoms with Gasteiger partial charge in [0.1, 0.15) is 11.9 Å². The summed E-state index contributed by atoms with van der Waals surface area (Å²) in [6.07, 6.45) is 1.90. The number of hydrogen-bond acceptors (Lipinski definition) is 3. The van der Waals surface area contributed by atoms with Gasteiger partial charge in [-0.15, -0.1) is 0 Å². The first-order valence-corrected chi connectivity index (χ1v) is 5.35. The first kappa shape index (κ1) is 11.3. The summed E-state index contributed by atoms with van der Waals surface area (Å²) in [5.41, 5.74) is 10.3. The fourth-order valence-electron chi connectivity index (χ4n) is 2.09. The molecule has 0 aromatic carbocycles. The molecule has 2 heterocycles. The van der Waals surface area contributed by atoms with E-state index >= 15 is 0 Å². The highest BCUT2D eigenvalue weighted by Gasteiger charge is 2.18. The molecule has 2 aromatic rings. The van der Waals surface area contributed by atoms with E-state index in [1.54, 1.807) is 4.68 Å². The Kier molecular flexibility index (Phi) is 2.43. The smallest absolute Gasteiger partial charge is 0.126 e. The van der Waals surface area contributed by atoms with Crippen LogP contribution in [0.25, 0.3) is 5.69 Å². The third-order valence-corrected chi connectivity index (χ3v) is 3.09. The lowest BCUT2D eigenvalue weighted by Crippen LogP contribution is -2.03. The highest BCUT2D eigenvalue weighted by atomic mass is 15.3. The summed E-state index contributed by atoms with van der Waals surface area (Å²) in [7, 11) is 1.86. The van der Waals surface area contributed by atoms with Gasteiger partial charge in [-0.2, -0.15) is 10.4 Å². The molecule has 0 amide bonds. The van der Waals surface area contributed by atoms with Crippen LogP contribution >= 0.6 is 0 Å². The van der Waals surface area contributed by atoms with Crippen molar-refractivity contribution in [2.75, 3.05) is 5.73 Å². The van der Waals surface area contributed by atoms with Crippen LogP contribution in [0.5, 0.6) is 0 Å². The molecule has 0 saturated heterocycles. The summed E-state index contributed by atoms with van der Waals surface area (Å²) in [5.74, 6) is 0.485. The van der Waals surface area contributed by atoms with E-state index in [1.165, 1.54) is 0 Å². The number of nitrogen functional groups attached to an aromatic ring is 1. The van der Waals surface area contributed by atoms with Crippen molar-refractivity contribution in [3.05, 3.63) is 28.7 Å². The lowest BCUT2D eigenvalue weighted by atomic mass is 10.2. The summed E-state index contributed by atoms with van der Waals surface area (Å²) >= 11 is 0. The van der Waals surface area contributed by atoms with Crippen LogP contribution in [0.3, 0.4) is 0 Å². The standard InChI is InChI=1S/C12H15N5/c1-7-9(3)17(12(14)10(7)5-13)11-6-16(4)15-8(11)2/h6H,14H2,1-4H3. The van der Waals surface area contributed by atoms with Crippen molar-refractivity contribution in [1.82, 2.24) is 14.3 Å². The second-order valence-electron chi connectivity index (χ2n) is 4.19. The number of anilines is 1. The molecule has 88 valence electrons. The van der Waals surface area contributed by atoms with Gasteiger partial charge in [0.05, 0.1) is 16.9 Å². The van der Waals surface area contributed by atoms with Gasteiger partial charge in [-0.05, 0) is 26.3 Å². The fraction of sp³-hybridized carbons (Fsp3) is 0.333. The predicted molar refractivity (Wildman–Crippen MR) is 65.9 cm³/mol. The lowest BCUT2D eigenvalue weighted by molar-refractivity contribution is 0.756. The lowest BCUT2D eigenvalue weighted by Gasteiger charge is -2.06. The molecule has 0 aliphatic carbocycles. The van der Waals surface area contributed by atoms with Crippen LogP contribution in [0.4, 0.5) is 5.82 Å². The molecule has 0 atom stereocenters. The molecule has 2 N–H and O–H groups in total. The molecule has 0 aliphatic rings. The molecule has 2 rings (SSSR count). The van der Waals surface area contributed by atoms with E-state index < -0.39 is 0 Å². The molecule has 17 heavy (non-hydrogen) atoms. The number of nitrogens with two attached hydrogens (primary N) is 1. The number of aryl methyl sites for hydroxylation is 2. The maximum Gasteiger partial charge on any atom is 0.126 e. The van der Waals surface area contributed by atoms with Crippen LogP contribution in [0, 0.1) is 32.1 Å². The van der Waals surface area contributed by atoms with E-state index in [0.29, 0.717) is 11.4 Å². The van der Waals surface area contributed by atoms with Gasteiger partial charge in [0.2, 0.25) is 0 Å². The second kappa shape index (κ2) is 3.67. The van der Waals surface area contributed by atoms with E-state index in [4.69, 9.17) is 11.0 Å². The third-order valence-electron chi connectivity index (χ3n) is 3.09. The zero-order valence-electron chi connectivity index (χ0n) is 10.4. The van der Waals surface area contributed by atoms with Gasteiger partial charge in [-0.3, -0.25) is 9.25 Å². The van der Waals surface area contributed by atoms with E-state index in [1.807, 2.05) is 38.6 Å². The Labute approximate surface area is 100 Å². The maximum absolute atomic E-state index is 9.09. The molecule has 0 aliphatic heterocycles. The molecule has 5 heteroatoms. The average Bonchev–Trinajstić information content (AvgIpc) is 2.68. The van der Waals surface area contributed by atoms with Crippen molar-refractivity contribution in [3.63, 3.8) is 0 Å². The quantitative estimate of drug-likeness (QED) is 0.807. The molecule has 0 bridgehead atoms. The van der Waals surface area contributed by atoms with Crippen LogP contribution in [-0.4, -0.2) is 14.3 Å². The Bertz CT molecular complexity index is 624. The number of hydrogen-bond donors (Lipinski definition) is 1. The van der Waals surface area contributed by atoms with Crippen molar-refractivity contribution in [2.45, 2.75) is 20.8 Å². The van der Waals surface area contributed by atoms with Crippen molar-refractivity contribution in [3.8, 4) is 11.8 Å². The second-order valence-corrected chi connectivity index (χ2v) is 4.19. The minimum Gasteiger partial charge on any atom is -0.384 e. The average molecular weight is 229 g/mol. The topological polar surface area (TPSA) is 72.6 Å². The molecule has 0 spiro atoms.